The Labute approximate surface area is 172 Å². The number of thioether (sulfide) groups is 1. The molecule has 1 fully saturated rings. The van der Waals surface area contributed by atoms with Gasteiger partial charge >= 0.3 is 0 Å². The molecule has 3 heterocycles. The molecule has 1 aliphatic carbocycles. The number of fused-ring (bicyclic) bond motifs is 3. The van der Waals surface area contributed by atoms with Gasteiger partial charge < -0.3 is 4.90 Å². The molecule has 7 nitrogen and oxygen atoms in total. The minimum atomic E-state index is -3.04. The molecular weight excluding hydrogens is 418 g/mol. The first-order chi connectivity index (χ1) is 13.3. The third-order valence-electron chi connectivity index (χ3n) is 5.54. The highest BCUT2D eigenvalue weighted by Crippen LogP contribution is 2.35. The van der Waals surface area contributed by atoms with Crippen molar-refractivity contribution in [2.75, 3.05) is 23.8 Å². The maximum absolute atomic E-state index is 12.8. The van der Waals surface area contributed by atoms with Crippen LogP contribution in [0, 0.1) is 0 Å². The SMILES string of the molecule is CCN(C(=O)CSc1nc2sc3c(c2c(=O)n1C)CCC3)[C@@H]1CCS(=O)(=O)C1. The second kappa shape index (κ2) is 7.46. The molecule has 4 rings (SSSR count). The number of carbonyl (C=O) groups is 1. The number of rotatable bonds is 5. The summed E-state index contributed by atoms with van der Waals surface area (Å²) in [6, 6.07) is -0.248. The van der Waals surface area contributed by atoms with Gasteiger partial charge in [0, 0.05) is 24.5 Å². The number of hydrogen-bond acceptors (Lipinski definition) is 7. The number of hydrogen-bond donors (Lipinski definition) is 0. The van der Waals surface area contributed by atoms with E-state index in [2.05, 4.69) is 4.98 Å². The fourth-order valence-electron chi connectivity index (χ4n) is 4.10. The van der Waals surface area contributed by atoms with Gasteiger partial charge in [-0.05, 0) is 38.2 Å². The van der Waals surface area contributed by atoms with Crippen LogP contribution in [0.2, 0.25) is 0 Å². The minimum absolute atomic E-state index is 0.0424. The van der Waals surface area contributed by atoms with Crippen LogP contribution in [-0.4, -0.2) is 58.6 Å². The lowest BCUT2D eigenvalue weighted by molar-refractivity contribution is -0.129. The second-order valence-electron chi connectivity index (χ2n) is 7.32. The predicted octanol–water partition coefficient (Wildman–Crippen LogP) is 1.61. The number of sulfone groups is 1. The molecule has 2 aromatic heterocycles. The van der Waals surface area contributed by atoms with E-state index < -0.39 is 9.84 Å². The van der Waals surface area contributed by atoms with Crippen molar-refractivity contribution in [2.24, 2.45) is 7.05 Å². The molecule has 1 amide bonds. The van der Waals surface area contributed by atoms with Crippen LogP contribution in [0.25, 0.3) is 10.2 Å². The molecule has 0 unspecified atom stereocenters. The zero-order valence-corrected chi connectivity index (χ0v) is 18.4. The molecule has 0 bridgehead atoms. The number of nitrogens with zero attached hydrogens (tertiary/aromatic N) is 3. The molecule has 28 heavy (non-hydrogen) atoms. The van der Waals surface area contributed by atoms with Crippen molar-refractivity contribution in [1.82, 2.24) is 14.5 Å². The quantitative estimate of drug-likeness (QED) is 0.517. The van der Waals surface area contributed by atoms with E-state index in [4.69, 9.17) is 0 Å². The van der Waals surface area contributed by atoms with Gasteiger partial charge in [0.15, 0.2) is 15.0 Å². The van der Waals surface area contributed by atoms with Crippen molar-refractivity contribution in [1.29, 1.82) is 0 Å². The van der Waals surface area contributed by atoms with Gasteiger partial charge in [-0.25, -0.2) is 13.4 Å². The predicted molar refractivity (Wildman–Crippen MR) is 112 cm³/mol. The molecule has 1 saturated heterocycles. The molecule has 1 atom stereocenters. The van der Waals surface area contributed by atoms with Crippen molar-refractivity contribution in [3.63, 3.8) is 0 Å². The molecule has 1 aliphatic heterocycles. The molecular formula is C18H23N3O4S3. The summed E-state index contributed by atoms with van der Waals surface area (Å²) in [5.41, 5.74) is 1.11. The van der Waals surface area contributed by atoms with Crippen LogP contribution in [0.5, 0.6) is 0 Å². The zero-order valence-electron chi connectivity index (χ0n) is 15.9. The Bertz CT molecular complexity index is 1100. The highest BCUT2D eigenvalue weighted by Gasteiger charge is 2.34. The summed E-state index contributed by atoms with van der Waals surface area (Å²) in [4.78, 5) is 33.9. The van der Waals surface area contributed by atoms with E-state index in [1.807, 2.05) is 6.92 Å². The van der Waals surface area contributed by atoms with Crippen molar-refractivity contribution < 1.29 is 13.2 Å². The summed E-state index contributed by atoms with van der Waals surface area (Å²) in [5, 5.41) is 1.27. The standard InChI is InChI=1S/C18H23N3O4S3/c1-3-21(11-7-8-28(24,25)10-11)14(22)9-26-18-19-16-15(17(23)20(18)2)12-5-4-6-13(12)27-16/h11H,3-10H2,1-2H3/t11-/m1/s1. The van der Waals surface area contributed by atoms with Crippen LogP contribution in [-0.2, 0) is 34.5 Å². The molecule has 152 valence electrons. The lowest BCUT2D eigenvalue weighted by Gasteiger charge is -2.26. The third kappa shape index (κ3) is 3.50. The molecule has 0 N–H and O–H groups in total. The van der Waals surface area contributed by atoms with Gasteiger partial charge in [-0.15, -0.1) is 11.3 Å². The molecule has 2 aromatic rings. The van der Waals surface area contributed by atoms with E-state index in [1.54, 1.807) is 23.3 Å². The summed E-state index contributed by atoms with van der Waals surface area (Å²) in [7, 11) is -1.35. The van der Waals surface area contributed by atoms with Crippen LogP contribution >= 0.6 is 23.1 Å². The average molecular weight is 442 g/mol. The van der Waals surface area contributed by atoms with Gasteiger partial charge in [-0.2, -0.15) is 0 Å². The van der Waals surface area contributed by atoms with Crippen molar-refractivity contribution in [3.8, 4) is 0 Å². The normalized spacial score (nSPS) is 20.6. The molecule has 0 spiro atoms. The van der Waals surface area contributed by atoms with Gasteiger partial charge in [0.2, 0.25) is 5.91 Å². The summed E-state index contributed by atoms with van der Waals surface area (Å²) in [5.74, 6) is 0.212. The number of aromatic nitrogens is 2. The van der Waals surface area contributed by atoms with Gasteiger partial charge in [0.05, 0.1) is 22.6 Å². The first-order valence-electron chi connectivity index (χ1n) is 9.44. The van der Waals surface area contributed by atoms with Crippen molar-refractivity contribution in [2.45, 2.75) is 43.8 Å². The Morgan fingerprint density at radius 1 is 1.39 bits per heavy atom. The lowest BCUT2D eigenvalue weighted by Crippen LogP contribution is -2.42. The number of aryl methyl sites for hydroxylation is 2. The highest BCUT2D eigenvalue weighted by atomic mass is 32.2. The maximum atomic E-state index is 12.8. The zero-order chi connectivity index (χ0) is 20.1. The highest BCUT2D eigenvalue weighted by molar-refractivity contribution is 7.99. The van der Waals surface area contributed by atoms with Crippen molar-refractivity contribution >= 4 is 49.1 Å². The number of amides is 1. The molecule has 0 saturated carbocycles. The topological polar surface area (TPSA) is 89.3 Å². The third-order valence-corrected chi connectivity index (χ3v) is 9.49. The molecule has 2 aliphatic rings. The van der Waals surface area contributed by atoms with Crippen molar-refractivity contribution in [3.05, 3.63) is 20.8 Å². The second-order valence-corrected chi connectivity index (χ2v) is 11.6. The Kier molecular flexibility index (Phi) is 5.30. The van der Waals surface area contributed by atoms with E-state index in [0.29, 0.717) is 18.1 Å². The van der Waals surface area contributed by atoms with E-state index in [0.717, 1.165) is 35.0 Å². The van der Waals surface area contributed by atoms with Crippen LogP contribution in [0.4, 0.5) is 0 Å². The Hall–Kier alpha value is -1.39. The average Bonchev–Trinajstić information content (AvgIpc) is 3.31. The molecule has 10 heteroatoms. The monoisotopic (exact) mass is 441 g/mol. The lowest BCUT2D eigenvalue weighted by atomic mass is 10.2. The minimum Gasteiger partial charge on any atom is -0.338 e. The Morgan fingerprint density at radius 2 is 2.18 bits per heavy atom. The summed E-state index contributed by atoms with van der Waals surface area (Å²) < 4.78 is 25.0. The molecule has 0 radical (unpaired) electrons. The Balaban J connectivity index is 1.53. The Morgan fingerprint density at radius 3 is 2.86 bits per heavy atom. The van der Waals surface area contributed by atoms with Gasteiger partial charge in [-0.1, -0.05) is 11.8 Å². The maximum Gasteiger partial charge on any atom is 0.262 e. The van der Waals surface area contributed by atoms with Gasteiger partial charge in [0.1, 0.15) is 4.83 Å². The largest absolute Gasteiger partial charge is 0.338 e. The first-order valence-corrected chi connectivity index (χ1v) is 13.1. The van der Waals surface area contributed by atoms with Gasteiger partial charge in [-0.3, -0.25) is 14.2 Å². The van der Waals surface area contributed by atoms with E-state index >= 15 is 0 Å². The fourth-order valence-corrected chi connectivity index (χ4v) is 7.99. The van der Waals surface area contributed by atoms with Crippen LogP contribution < -0.4 is 5.56 Å². The summed E-state index contributed by atoms with van der Waals surface area (Å²) in [6.45, 7) is 2.34. The fraction of sp³-hybridized carbons (Fsp3) is 0.611. The number of carbonyl (C=O) groups excluding carboxylic acids is 1. The molecule has 0 aromatic carbocycles. The summed E-state index contributed by atoms with van der Waals surface area (Å²) in [6.07, 6.45) is 3.54. The van der Waals surface area contributed by atoms with E-state index in [-0.39, 0.29) is 34.8 Å². The smallest absolute Gasteiger partial charge is 0.262 e. The van der Waals surface area contributed by atoms with Gasteiger partial charge in [0.25, 0.3) is 5.56 Å². The van der Waals surface area contributed by atoms with Crippen LogP contribution in [0.15, 0.2) is 9.95 Å². The summed E-state index contributed by atoms with van der Waals surface area (Å²) >= 11 is 2.83. The van der Waals surface area contributed by atoms with Crippen LogP contribution in [0.3, 0.4) is 0 Å². The number of thiophene rings is 1. The van der Waals surface area contributed by atoms with Crippen LogP contribution in [0.1, 0.15) is 30.2 Å². The van der Waals surface area contributed by atoms with E-state index in [9.17, 15) is 18.0 Å². The first kappa shape index (κ1) is 19.9. The van der Waals surface area contributed by atoms with E-state index in [1.165, 1.54) is 21.2 Å².